The van der Waals surface area contributed by atoms with Crippen LogP contribution in [-0.2, 0) is 30.4 Å². The van der Waals surface area contributed by atoms with E-state index in [1.165, 1.54) is 18.2 Å². The second-order valence-corrected chi connectivity index (χ2v) is 8.92. The lowest BCUT2D eigenvalue weighted by molar-refractivity contribution is -0.384. The highest BCUT2D eigenvalue weighted by Gasteiger charge is 2.49. The topological polar surface area (TPSA) is 128 Å². The van der Waals surface area contributed by atoms with E-state index in [2.05, 4.69) is 4.99 Å². The largest absolute Gasteiger partial charge is 0.466 e. The van der Waals surface area contributed by atoms with E-state index in [4.69, 9.17) is 9.47 Å². The molecule has 0 aliphatic carbocycles. The van der Waals surface area contributed by atoms with Crippen LogP contribution in [0.25, 0.3) is 0 Å². The molecular formula is C27H31N3O7. The molecular weight excluding hydrogens is 478 g/mol. The summed E-state index contributed by atoms with van der Waals surface area (Å²) < 4.78 is 10.8. The summed E-state index contributed by atoms with van der Waals surface area (Å²) in [5.74, 6) is -4.41. The number of hydrogen-bond acceptors (Lipinski definition) is 9. The zero-order valence-electron chi connectivity index (χ0n) is 21.1. The number of nitro groups is 1. The Morgan fingerprint density at radius 3 is 2.49 bits per heavy atom. The lowest BCUT2D eigenvalue weighted by atomic mass is 9.70. The number of likely N-dealkylation sites (N-methyl/N-ethyl adjacent to an activating group) is 1. The molecule has 37 heavy (non-hydrogen) atoms. The number of nitro benzene ring substituents is 1. The molecule has 196 valence electrons. The van der Waals surface area contributed by atoms with Gasteiger partial charge in [-0.2, -0.15) is 0 Å². The Morgan fingerprint density at radius 1 is 1.11 bits per heavy atom. The van der Waals surface area contributed by atoms with Crippen molar-refractivity contribution in [2.75, 3.05) is 26.8 Å². The molecule has 4 atom stereocenters. The zero-order valence-corrected chi connectivity index (χ0v) is 21.1. The number of non-ortho nitro benzene ring substituents is 1. The molecule has 0 saturated carbocycles. The van der Waals surface area contributed by atoms with Gasteiger partial charge in [0.05, 0.1) is 17.4 Å². The van der Waals surface area contributed by atoms with Crippen molar-refractivity contribution in [2.24, 2.45) is 16.8 Å². The zero-order chi connectivity index (χ0) is 26.9. The summed E-state index contributed by atoms with van der Waals surface area (Å²) in [4.78, 5) is 55.5. The van der Waals surface area contributed by atoms with Gasteiger partial charge < -0.3 is 14.3 Å². The molecule has 0 bridgehead atoms. The van der Waals surface area contributed by atoms with E-state index in [-0.39, 0.29) is 18.9 Å². The Hall–Kier alpha value is -3.92. The number of aldehydes is 1. The molecule has 10 heteroatoms. The molecule has 0 radical (unpaired) electrons. The van der Waals surface area contributed by atoms with Crippen molar-refractivity contribution in [2.45, 2.75) is 32.4 Å². The molecule has 0 saturated heterocycles. The fourth-order valence-corrected chi connectivity index (χ4v) is 4.64. The molecule has 3 rings (SSSR count). The number of hydrogen-bond donors (Lipinski definition) is 0. The summed E-state index contributed by atoms with van der Waals surface area (Å²) in [5.41, 5.74) is 1.60. The van der Waals surface area contributed by atoms with Gasteiger partial charge in [0.1, 0.15) is 24.9 Å². The third-order valence-corrected chi connectivity index (χ3v) is 6.35. The lowest BCUT2D eigenvalue weighted by Crippen LogP contribution is -2.47. The third kappa shape index (κ3) is 6.85. The van der Waals surface area contributed by atoms with Crippen LogP contribution >= 0.6 is 0 Å². The molecule has 1 aliphatic heterocycles. The van der Waals surface area contributed by atoms with Crippen LogP contribution in [0.2, 0.25) is 0 Å². The van der Waals surface area contributed by atoms with Gasteiger partial charge in [0.25, 0.3) is 5.69 Å². The maximum Gasteiger partial charge on any atom is 0.315 e. The molecule has 0 amide bonds. The monoisotopic (exact) mass is 509 g/mol. The average molecular weight is 510 g/mol. The molecule has 0 aromatic heterocycles. The van der Waals surface area contributed by atoms with E-state index in [0.717, 1.165) is 5.56 Å². The van der Waals surface area contributed by atoms with Crippen LogP contribution in [0, 0.1) is 22.0 Å². The van der Waals surface area contributed by atoms with Crippen molar-refractivity contribution in [3.8, 4) is 0 Å². The third-order valence-electron chi connectivity index (χ3n) is 6.35. The summed E-state index contributed by atoms with van der Waals surface area (Å²) in [5, 5.41) is 11.4. The fourth-order valence-electron chi connectivity index (χ4n) is 4.64. The second kappa shape index (κ2) is 12.9. The second-order valence-electron chi connectivity index (χ2n) is 8.92. The maximum atomic E-state index is 13.4. The van der Waals surface area contributed by atoms with E-state index >= 15 is 0 Å². The van der Waals surface area contributed by atoms with Crippen molar-refractivity contribution in [1.29, 1.82) is 0 Å². The predicted molar refractivity (Wildman–Crippen MR) is 136 cm³/mol. The summed E-state index contributed by atoms with van der Waals surface area (Å²) in [6.07, 6.45) is 0.537. The number of benzene rings is 2. The van der Waals surface area contributed by atoms with Gasteiger partial charge in [0.15, 0.2) is 0 Å². The summed E-state index contributed by atoms with van der Waals surface area (Å²) in [6.45, 7) is 4.51. The van der Waals surface area contributed by atoms with Gasteiger partial charge in [-0.05, 0) is 32.0 Å². The number of nitrogens with zero attached hydrogens (tertiary/aromatic N) is 3. The summed E-state index contributed by atoms with van der Waals surface area (Å²) >= 11 is 0. The first kappa shape index (κ1) is 27.7. The van der Waals surface area contributed by atoms with Crippen LogP contribution in [0.3, 0.4) is 0 Å². The van der Waals surface area contributed by atoms with Crippen LogP contribution < -0.4 is 0 Å². The van der Waals surface area contributed by atoms with Crippen molar-refractivity contribution in [1.82, 2.24) is 4.90 Å². The van der Waals surface area contributed by atoms with Crippen molar-refractivity contribution >= 4 is 29.6 Å². The Bertz CT molecular complexity index is 1150. The number of carbonyl (C=O) groups is 3. The Kier molecular flexibility index (Phi) is 9.62. The summed E-state index contributed by atoms with van der Waals surface area (Å²) in [7, 11) is 1.91. The normalized spacial score (nSPS) is 21.1. The number of esters is 2. The van der Waals surface area contributed by atoms with Crippen LogP contribution in [0.1, 0.15) is 30.9 Å². The molecule has 1 aliphatic rings. The minimum atomic E-state index is -1.14. The van der Waals surface area contributed by atoms with Gasteiger partial charge in [-0.3, -0.25) is 29.6 Å². The van der Waals surface area contributed by atoms with E-state index in [9.17, 15) is 24.5 Å². The first-order chi connectivity index (χ1) is 17.8. The Morgan fingerprint density at radius 2 is 1.84 bits per heavy atom. The SMILES string of the molecule is CCOC(=O)C1C(C=O)N=C(C)C(C(=O)OCCN(C)Cc2ccccc2)C1c1cccc([N+](=O)[O-])c1. The number of rotatable bonds is 11. The number of ether oxygens (including phenoxy) is 2. The van der Waals surface area contributed by atoms with Gasteiger partial charge in [-0.15, -0.1) is 0 Å². The maximum absolute atomic E-state index is 13.4. The highest BCUT2D eigenvalue weighted by atomic mass is 16.6. The number of aliphatic imine (C=N–C) groups is 1. The first-order valence-corrected chi connectivity index (χ1v) is 12.1. The Balaban J connectivity index is 1.87. The summed E-state index contributed by atoms with van der Waals surface area (Å²) in [6, 6.07) is 14.5. The van der Waals surface area contributed by atoms with Gasteiger partial charge in [0.2, 0.25) is 0 Å². The van der Waals surface area contributed by atoms with E-state index < -0.39 is 40.7 Å². The average Bonchev–Trinajstić information content (AvgIpc) is 2.88. The quantitative estimate of drug-likeness (QED) is 0.195. The fraction of sp³-hybridized carbons (Fsp3) is 0.407. The molecule has 1 heterocycles. The van der Waals surface area contributed by atoms with Gasteiger partial charge >= 0.3 is 11.9 Å². The lowest BCUT2D eigenvalue weighted by Gasteiger charge is -2.37. The van der Waals surface area contributed by atoms with Crippen molar-refractivity contribution in [3.05, 3.63) is 75.8 Å². The van der Waals surface area contributed by atoms with Crippen LogP contribution in [-0.4, -0.2) is 66.6 Å². The Labute approximate surface area is 215 Å². The van der Waals surface area contributed by atoms with Gasteiger partial charge in [0, 0.05) is 36.9 Å². The minimum absolute atomic E-state index is 0.0636. The molecule has 4 unspecified atom stereocenters. The molecule has 10 nitrogen and oxygen atoms in total. The van der Waals surface area contributed by atoms with E-state index in [0.29, 0.717) is 30.7 Å². The van der Waals surface area contributed by atoms with Crippen molar-refractivity contribution < 1.29 is 28.8 Å². The van der Waals surface area contributed by atoms with Gasteiger partial charge in [-0.25, -0.2) is 0 Å². The highest BCUT2D eigenvalue weighted by molar-refractivity contribution is 6.04. The molecule has 0 fully saturated rings. The first-order valence-electron chi connectivity index (χ1n) is 12.1. The highest BCUT2D eigenvalue weighted by Crippen LogP contribution is 2.41. The minimum Gasteiger partial charge on any atom is -0.466 e. The van der Waals surface area contributed by atoms with Gasteiger partial charge in [-0.1, -0.05) is 42.5 Å². The van der Waals surface area contributed by atoms with Crippen molar-refractivity contribution in [3.63, 3.8) is 0 Å². The van der Waals surface area contributed by atoms with E-state index in [1.54, 1.807) is 19.9 Å². The molecule has 0 spiro atoms. The molecule has 0 N–H and O–H groups in total. The van der Waals surface area contributed by atoms with E-state index in [1.807, 2.05) is 42.3 Å². The molecule has 2 aromatic rings. The van der Waals surface area contributed by atoms with Crippen LogP contribution in [0.4, 0.5) is 5.69 Å². The molecule has 2 aromatic carbocycles. The van der Waals surface area contributed by atoms with Crippen LogP contribution in [0.5, 0.6) is 0 Å². The van der Waals surface area contributed by atoms with Crippen LogP contribution in [0.15, 0.2) is 59.6 Å². The smallest absolute Gasteiger partial charge is 0.315 e. The number of carbonyl (C=O) groups excluding carboxylic acids is 3. The standard InChI is InChI=1S/C27H31N3O7/c1-4-36-27(33)25-22(17-31)28-18(2)23(24(25)20-11-8-12-21(15-20)30(34)35)26(32)37-14-13-29(3)16-19-9-6-5-7-10-19/h5-12,15,17,22-25H,4,13-14,16H2,1-3H3. The predicted octanol–water partition coefficient (Wildman–Crippen LogP) is 3.19.